The average Bonchev–Trinajstić information content (AvgIpc) is 2.04. The first-order valence-corrected chi connectivity index (χ1v) is 3.77. The van der Waals surface area contributed by atoms with E-state index in [0.717, 1.165) is 17.7 Å². The zero-order valence-corrected chi connectivity index (χ0v) is 7.22. The van der Waals surface area contributed by atoms with Crippen molar-refractivity contribution in [1.82, 2.24) is 4.98 Å². The van der Waals surface area contributed by atoms with E-state index in [0.29, 0.717) is 0 Å². The second-order valence-electron chi connectivity index (χ2n) is 2.50. The maximum atomic E-state index is 5.23. The van der Waals surface area contributed by atoms with E-state index in [2.05, 4.69) is 11.9 Å². The standard InChI is InChI=1S/C9H13NO/c1-4-8-6-10-5-7(2)9(8)11-3/h5-6H,4H2,1-3H3. The van der Waals surface area contributed by atoms with Gasteiger partial charge in [-0.3, -0.25) is 4.98 Å². The van der Waals surface area contributed by atoms with Crippen LogP contribution in [0.4, 0.5) is 0 Å². The molecule has 0 aliphatic carbocycles. The predicted molar refractivity (Wildman–Crippen MR) is 44.9 cm³/mol. The number of aryl methyl sites for hydroxylation is 2. The molecule has 0 aliphatic rings. The van der Waals surface area contributed by atoms with Gasteiger partial charge in [0, 0.05) is 23.5 Å². The third-order valence-corrected chi connectivity index (χ3v) is 1.73. The Morgan fingerprint density at radius 1 is 1.45 bits per heavy atom. The Labute approximate surface area is 67.2 Å². The summed E-state index contributed by atoms with van der Waals surface area (Å²) >= 11 is 0. The Kier molecular flexibility index (Phi) is 2.47. The summed E-state index contributed by atoms with van der Waals surface area (Å²) in [6, 6.07) is 0. The lowest BCUT2D eigenvalue weighted by Crippen LogP contribution is -1.94. The van der Waals surface area contributed by atoms with Gasteiger partial charge in [-0.2, -0.15) is 0 Å². The summed E-state index contributed by atoms with van der Waals surface area (Å²) in [5.41, 5.74) is 2.28. The number of hydrogen-bond acceptors (Lipinski definition) is 2. The number of methoxy groups -OCH3 is 1. The second kappa shape index (κ2) is 3.37. The van der Waals surface area contributed by atoms with Gasteiger partial charge in [-0.25, -0.2) is 0 Å². The van der Waals surface area contributed by atoms with E-state index in [-0.39, 0.29) is 0 Å². The van der Waals surface area contributed by atoms with Gasteiger partial charge in [0.25, 0.3) is 0 Å². The molecule has 0 saturated heterocycles. The minimum absolute atomic E-state index is 0.970. The number of pyridine rings is 1. The summed E-state index contributed by atoms with van der Waals surface area (Å²) in [6.45, 7) is 4.10. The molecule has 0 unspecified atom stereocenters. The quantitative estimate of drug-likeness (QED) is 0.644. The topological polar surface area (TPSA) is 22.1 Å². The fourth-order valence-electron chi connectivity index (χ4n) is 1.15. The lowest BCUT2D eigenvalue weighted by Gasteiger charge is -2.07. The Hall–Kier alpha value is -1.05. The van der Waals surface area contributed by atoms with Crippen LogP contribution in [0.3, 0.4) is 0 Å². The van der Waals surface area contributed by atoms with Gasteiger partial charge in [-0.1, -0.05) is 6.92 Å². The van der Waals surface area contributed by atoms with Crippen molar-refractivity contribution < 1.29 is 4.74 Å². The molecule has 11 heavy (non-hydrogen) atoms. The third-order valence-electron chi connectivity index (χ3n) is 1.73. The van der Waals surface area contributed by atoms with Crippen molar-refractivity contribution in [2.45, 2.75) is 20.3 Å². The smallest absolute Gasteiger partial charge is 0.128 e. The van der Waals surface area contributed by atoms with Crippen LogP contribution in [-0.4, -0.2) is 12.1 Å². The van der Waals surface area contributed by atoms with E-state index in [9.17, 15) is 0 Å². The summed E-state index contributed by atoms with van der Waals surface area (Å²) in [5.74, 6) is 0.975. The van der Waals surface area contributed by atoms with Gasteiger partial charge < -0.3 is 4.74 Å². The molecule has 0 amide bonds. The first kappa shape index (κ1) is 8.05. The van der Waals surface area contributed by atoms with Crippen molar-refractivity contribution in [2.24, 2.45) is 0 Å². The summed E-state index contributed by atoms with van der Waals surface area (Å²) in [5, 5.41) is 0. The van der Waals surface area contributed by atoms with E-state index < -0.39 is 0 Å². The first-order valence-electron chi connectivity index (χ1n) is 3.77. The van der Waals surface area contributed by atoms with Crippen molar-refractivity contribution in [3.63, 3.8) is 0 Å². The first-order chi connectivity index (χ1) is 5.29. The lowest BCUT2D eigenvalue weighted by atomic mass is 10.1. The van der Waals surface area contributed by atoms with Crippen molar-refractivity contribution in [2.75, 3.05) is 7.11 Å². The van der Waals surface area contributed by atoms with Gasteiger partial charge in [-0.15, -0.1) is 0 Å². The van der Waals surface area contributed by atoms with Crippen molar-refractivity contribution in [3.05, 3.63) is 23.5 Å². The second-order valence-corrected chi connectivity index (χ2v) is 2.50. The van der Waals surface area contributed by atoms with Crippen LogP contribution in [0.15, 0.2) is 12.4 Å². The fourth-order valence-corrected chi connectivity index (χ4v) is 1.15. The molecule has 1 aromatic rings. The molecule has 1 rings (SSSR count). The summed E-state index contributed by atoms with van der Waals surface area (Å²) < 4.78 is 5.23. The fraction of sp³-hybridized carbons (Fsp3) is 0.444. The van der Waals surface area contributed by atoms with Crippen molar-refractivity contribution in [1.29, 1.82) is 0 Å². The molecular weight excluding hydrogens is 138 g/mol. The van der Waals surface area contributed by atoms with Crippen LogP contribution in [0.1, 0.15) is 18.1 Å². The molecule has 0 saturated carbocycles. The molecule has 0 spiro atoms. The Morgan fingerprint density at radius 2 is 2.18 bits per heavy atom. The molecule has 0 aromatic carbocycles. The van der Waals surface area contributed by atoms with Crippen molar-refractivity contribution in [3.8, 4) is 5.75 Å². The van der Waals surface area contributed by atoms with Crippen LogP contribution in [0.2, 0.25) is 0 Å². The molecule has 0 aliphatic heterocycles. The Balaban J connectivity index is 3.13. The zero-order valence-electron chi connectivity index (χ0n) is 7.22. The van der Waals surface area contributed by atoms with Gasteiger partial charge in [0.05, 0.1) is 7.11 Å². The Morgan fingerprint density at radius 3 is 2.64 bits per heavy atom. The number of rotatable bonds is 2. The van der Waals surface area contributed by atoms with E-state index in [1.54, 1.807) is 7.11 Å². The van der Waals surface area contributed by atoms with Crippen LogP contribution in [0, 0.1) is 6.92 Å². The summed E-state index contributed by atoms with van der Waals surface area (Å²) in [4.78, 5) is 4.08. The molecule has 0 atom stereocenters. The molecule has 0 bridgehead atoms. The molecule has 0 N–H and O–H groups in total. The van der Waals surface area contributed by atoms with Crippen LogP contribution < -0.4 is 4.74 Å². The van der Waals surface area contributed by atoms with Gasteiger partial charge in [0.2, 0.25) is 0 Å². The van der Waals surface area contributed by atoms with E-state index in [4.69, 9.17) is 4.74 Å². The molecular formula is C9H13NO. The highest BCUT2D eigenvalue weighted by molar-refractivity contribution is 5.37. The molecule has 1 aromatic heterocycles. The predicted octanol–water partition coefficient (Wildman–Crippen LogP) is 1.96. The largest absolute Gasteiger partial charge is 0.496 e. The maximum Gasteiger partial charge on any atom is 0.128 e. The number of ether oxygens (including phenoxy) is 1. The van der Waals surface area contributed by atoms with Gasteiger partial charge in [0.1, 0.15) is 5.75 Å². The van der Waals surface area contributed by atoms with Crippen LogP contribution in [0.5, 0.6) is 5.75 Å². The minimum atomic E-state index is 0.970. The monoisotopic (exact) mass is 151 g/mol. The van der Waals surface area contributed by atoms with E-state index >= 15 is 0 Å². The van der Waals surface area contributed by atoms with Gasteiger partial charge >= 0.3 is 0 Å². The highest BCUT2D eigenvalue weighted by Crippen LogP contribution is 2.21. The third kappa shape index (κ3) is 1.50. The summed E-state index contributed by atoms with van der Waals surface area (Å²) in [6.07, 6.45) is 4.64. The molecule has 2 heteroatoms. The maximum absolute atomic E-state index is 5.23. The van der Waals surface area contributed by atoms with Crippen LogP contribution in [0.25, 0.3) is 0 Å². The van der Waals surface area contributed by atoms with Crippen LogP contribution >= 0.6 is 0 Å². The lowest BCUT2D eigenvalue weighted by molar-refractivity contribution is 0.406. The molecule has 1 heterocycles. The average molecular weight is 151 g/mol. The highest BCUT2D eigenvalue weighted by atomic mass is 16.5. The SMILES string of the molecule is CCc1cncc(C)c1OC. The molecule has 0 fully saturated rings. The molecule has 2 nitrogen and oxygen atoms in total. The highest BCUT2D eigenvalue weighted by Gasteiger charge is 2.02. The van der Waals surface area contributed by atoms with Crippen molar-refractivity contribution >= 4 is 0 Å². The number of nitrogens with zero attached hydrogens (tertiary/aromatic N) is 1. The van der Waals surface area contributed by atoms with E-state index in [1.165, 1.54) is 5.56 Å². The normalized spacial score (nSPS) is 9.73. The molecule has 0 radical (unpaired) electrons. The van der Waals surface area contributed by atoms with Gasteiger partial charge in [-0.05, 0) is 13.3 Å². The summed E-state index contributed by atoms with van der Waals surface area (Å²) in [7, 11) is 1.70. The van der Waals surface area contributed by atoms with Gasteiger partial charge in [0.15, 0.2) is 0 Å². The van der Waals surface area contributed by atoms with Crippen LogP contribution in [-0.2, 0) is 6.42 Å². The zero-order chi connectivity index (χ0) is 8.27. The Bertz CT molecular complexity index is 245. The molecule has 60 valence electrons. The minimum Gasteiger partial charge on any atom is -0.496 e. The van der Waals surface area contributed by atoms with E-state index in [1.807, 2.05) is 19.3 Å². The number of hydrogen-bond donors (Lipinski definition) is 0. The number of aromatic nitrogens is 1.